The van der Waals surface area contributed by atoms with Gasteiger partial charge in [0.1, 0.15) is 22.3 Å². The molecular weight excluding hydrogens is 916 g/mol. The second-order valence-corrected chi connectivity index (χ2v) is 17.3. The molecule has 9 aromatic carbocycles. The fourth-order valence-electron chi connectivity index (χ4n) is 10.6. The van der Waals surface area contributed by atoms with Crippen LogP contribution in [0.5, 0.6) is 0 Å². The second kappa shape index (κ2) is 14.5. The normalized spacial score (nSPS) is 12.9. The molecule has 0 bridgehead atoms. The van der Waals surface area contributed by atoms with E-state index in [9.17, 15) is 26.3 Å². The summed E-state index contributed by atoms with van der Waals surface area (Å²) in [6.07, 6.45) is -15.4. The van der Waals surface area contributed by atoms with E-state index in [0.29, 0.717) is 78.1 Å². The SMILES string of the molecule is FC(F)(F)c1cccc(-c2c(-n3c4ccccc4c4c5oc6ccccc6c5ccc43)cc(-n3c4ccccc4c4c5oc6ccccc6c5ccc43)c(-c3cccc(C(F)(F)F)c3)c2C(F)(F)F)c1. The van der Waals surface area contributed by atoms with Crippen molar-refractivity contribution in [3.05, 3.63) is 193 Å². The van der Waals surface area contributed by atoms with Gasteiger partial charge in [-0.3, -0.25) is 0 Å². The number of furan rings is 2. The molecule has 4 heterocycles. The van der Waals surface area contributed by atoms with Gasteiger partial charge in [0.25, 0.3) is 0 Å². The van der Waals surface area contributed by atoms with Crippen LogP contribution in [0.3, 0.4) is 0 Å². The predicted octanol–water partition coefficient (Wildman–Crippen LogP) is 18.1. The molecule has 0 radical (unpaired) electrons. The van der Waals surface area contributed by atoms with Gasteiger partial charge < -0.3 is 18.0 Å². The van der Waals surface area contributed by atoms with Crippen LogP contribution in [0.4, 0.5) is 39.5 Å². The van der Waals surface area contributed by atoms with Crippen LogP contribution in [-0.4, -0.2) is 9.13 Å². The number of alkyl halides is 9. The van der Waals surface area contributed by atoms with E-state index in [4.69, 9.17) is 8.83 Å². The number of fused-ring (bicyclic) bond motifs is 14. The van der Waals surface area contributed by atoms with Crippen LogP contribution in [-0.2, 0) is 18.5 Å². The maximum absolute atomic E-state index is 17.0. The summed E-state index contributed by atoms with van der Waals surface area (Å²) in [4.78, 5) is 0. The van der Waals surface area contributed by atoms with E-state index >= 15 is 13.2 Å². The molecule has 70 heavy (non-hydrogen) atoms. The molecule has 342 valence electrons. The van der Waals surface area contributed by atoms with Gasteiger partial charge in [0.05, 0.1) is 60.9 Å². The Bertz CT molecular complexity index is 4070. The van der Waals surface area contributed by atoms with Crippen molar-refractivity contribution >= 4 is 87.5 Å². The summed E-state index contributed by atoms with van der Waals surface area (Å²) in [6.45, 7) is 0. The molecule has 4 nitrogen and oxygen atoms in total. The van der Waals surface area contributed by atoms with Gasteiger partial charge in [-0.2, -0.15) is 39.5 Å². The highest BCUT2D eigenvalue weighted by Gasteiger charge is 2.42. The number of aromatic nitrogens is 2. The van der Waals surface area contributed by atoms with Crippen molar-refractivity contribution in [2.24, 2.45) is 0 Å². The molecule has 0 aliphatic heterocycles. The summed E-state index contributed by atoms with van der Waals surface area (Å²) < 4.78 is 155. The summed E-state index contributed by atoms with van der Waals surface area (Å²) in [5.74, 6) is 0. The highest BCUT2D eigenvalue weighted by atomic mass is 19.4. The first-order chi connectivity index (χ1) is 33.6. The van der Waals surface area contributed by atoms with E-state index < -0.39 is 57.5 Å². The first kappa shape index (κ1) is 41.7. The van der Waals surface area contributed by atoms with Crippen LogP contribution in [0.1, 0.15) is 16.7 Å². The molecule has 0 atom stereocenters. The Kier molecular flexibility index (Phi) is 8.66. The molecule has 13 aromatic rings. The van der Waals surface area contributed by atoms with Gasteiger partial charge in [0.15, 0.2) is 0 Å². The third-order valence-electron chi connectivity index (χ3n) is 13.4. The summed E-state index contributed by atoms with van der Waals surface area (Å²) in [7, 11) is 0. The van der Waals surface area contributed by atoms with Gasteiger partial charge in [-0.25, -0.2) is 0 Å². The Balaban J connectivity index is 1.28. The number of rotatable bonds is 4. The minimum absolute atomic E-state index is 0.199. The number of hydrogen-bond acceptors (Lipinski definition) is 2. The quantitative estimate of drug-likeness (QED) is 0.165. The zero-order valence-electron chi connectivity index (χ0n) is 35.9. The number of benzene rings is 9. The van der Waals surface area contributed by atoms with Gasteiger partial charge in [-0.15, -0.1) is 0 Å². The standard InChI is InChI=1S/C57H29F9N2O2/c58-55(59,60)32-13-9-11-30(27-32)48-44(67-40-19-5-1-17-38(40)50-42(67)25-23-36-34-15-3-7-21-46(34)69-53(36)50)29-45(49(52(48)57(64,65)66)31-12-10-14-33(28-31)56(61,62)63)68-41-20-6-2-18-39(41)51-43(68)26-24-37-35-16-4-8-22-47(35)70-54(37)51/h1-29H. The third kappa shape index (κ3) is 6.06. The fraction of sp³-hybridized carbons (Fsp3) is 0.0526. The summed E-state index contributed by atoms with van der Waals surface area (Å²) in [5, 5.41) is 5.22. The van der Waals surface area contributed by atoms with E-state index in [1.165, 1.54) is 6.07 Å². The Morgan fingerprint density at radius 3 is 1.14 bits per heavy atom. The molecule has 0 aliphatic rings. The lowest BCUT2D eigenvalue weighted by Crippen LogP contribution is -2.16. The summed E-state index contributed by atoms with van der Waals surface area (Å²) >= 11 is 0. The molecule has 0 saturated heterocycles. The molecule has 13 rings (SSSR count). The maximum Gasteiger partial charge on any atom is 0.417 e. The van der Waals surface area contributed by atoms with Crippen molar-refractivity contribution in [1.82, 2.24) is 9.13 Å². The average molecular weight is 945 g/mol. The van der Waals surface area contributed by atoms with E-state index in [0.717, 1.165) is 57.9 Å². The lowest BCUT2D eigenvalue weighted by Gasteiger charge is -2.27. The first-order valence-corrected chi connectivity index (χ1v) is 22.0. The molecule has 0 aliphatic carbocycles. The van der Waals surface area contributed by atoms with E-state index in [2.05, 4.69) is 0 Å². The molecular formula is C57H29F9N2O2. The largest absolute Gasteiger partial charge is 0.455 e. The minimum Gasteiger partial charge on any atom is -0.455 e. The Morgan fingerprint density at radius 2 is 0.729 bits per heavy atom. The zero-order valence-corrected chi connectivity index (χ0v) is 35.9. The van der Waals surface area contributed by atoms with Crippen LogP contribution in [0.15, 0.2) is 185 Å². The predicted molar refractivity (Wildman–Crippen MR) is 256 cm³/mol. The summed E-state index contributed by atoms with van der Waals surface area (Å²) in [6, 6.07) is 44.3. The topological polar surface area (TPSA) is 36.1 Å². The Hall–Kier alpha value is -8.45. The lowest BCUT2D eigenvalue weighted by atomic mass is 9.87. The maximum atomic E-state index is 17.0. The highest BCUT2D eigenvalue weighted by molar-refractivity contribution is 6.25. The van der Waals surface area contributed by atoms with Crippen molar-refractivity contribution in [2.45, 2.75) is 18.5 Å². The fourth-order valence-corrected chi connectivity index (χ4v) is 10.6. The molecule has 0 N–H and O–H groups in total. The van der Waals surface area contributed by atoms with Crippen molar-refractivity contribution < 1.29 is 48.3 Å². The Labute approximate surface area is 388 Å². The van der Waals surface area contributed by atoms with Gasteiger partial charge in [-0.1, -0.05) is 97.1 Å². The van der Waals surface area contributed by atoms with Crippen molar-refractivity contribution in [1.29, 1.82) is 0 Å². The van der Waals surface area contributed by atoms with Crippen LogP contribution in [0.25, 0.3) is 121 Å². The molecule has 13 heteroatoms. The first-order valence-electron chi connectivity index (χ1n) is 22.0. The van der Waals surface area contributed by atoms with Crippen LogP contribution in [0.2, 0.25) is 0 Å². The lowest BCUT2D eigenvalue weighted by molar-refractivity contribution is -0.138. The van der Waals surface area contributed by atoms with Crippen molar-refractivity contribution in [3.8, 4) is 33.6 Å². The molecule has 0 amide bonds. The van der Waals surface area contributed by atoms with Crippen LogP contribution >= 0.6 is 0 Å². The van der Waals surface area contributed by atoms with E-state index in [-0.39, 0.29) is 11.4 Å². The van der Waals surface area contributed by atoms with Gasteiger partial charge in [0, 0.05) is 43.4 Å². The monoisotopic (exact) mass is 944 g/mol. The minimum atomic E-state index is -5.42. The second-order valence-electron chi connectivity index (χ2n) is 17.3. The zero-order chi connectivity index (χ0) is 48.0. The van der Waals surface area contributed by atoms with Crippen molar-refractivity contribution in [2.75, 3.05) is 0 Å². The van der Waals surface area contributed by atoms with Crippen LogP contribution in [0, 0.1) is 0 Å². The van der Waals surface area contributed by atoms with Crippen LogP contribution < -0.4 is 0 Å². The number of nitrogens with zero attached hydrogens (tertiary/aromatic N) is 2. The van der Waals surface area contributed by atoms with Gasteiger partial charge in [-0.05, 0) is 90.0 Å². The van der Waals surface area contributed by atoms with E-state index in [1.54, 1.807) is 94.1 Å². The highest BCUT2D eigenvalue weighted by Crippen LogP contribution is 2.53. The van der Waals surface area contributed by atoms with Gasteiger partial charge >= 0.3 is 18.5 Å². The van der Waals surface area contributed by atoms with E-state index in [1.807, 2.05) is 36.4 Å². The van der Waals surface area contributed by atoms with Gasteiger partial charge in [0.2, 0.25) is 0 Å². The van der Waals surface area contributed by atoms with Crippen molar-refractivity contribution in [3.63, 3.8) is 0 Å². The molecule has 0 fully saturated rings. The third-order valence-corrected chi connectivity index (χ3v) is 13.4. The molecule has 0 spiro atoms. The molecule has 0 unspecified atom stereocenters. The number of halogens is 9. The molecule has 0 saturated carbocycles. The molecule has 4 aromatic heterocycles. The number of para-hydroxylation sites is 4. The summed E-state index contributed by atoms with van der Waals surface area (Å²) in [5.41, 5.74) is -3.16. The number of hydrogen-bond donors (Lipinski definition) is 0. The average Bonchev–Trinajstić information content (AvgIpc) is 4.10. The smallest absolute Gasteiger partial charge is 0.417 e. The Morgan fingerprint density at radius 1 is 0.329 bits per heavy atom.